The number of amides is 1. The van der Waals surface area contributed by atoms with Crippen molar-refractivity contribution in [2.24, 2.45) is 11.3 Å². The number of nitro groups is 1. The fraction of sp³-hybridized carbons (Fsp3) is 0.458. The maximum absolute atomic E-state index is 14.0. The SMILES string of the molecule is O=C(NS(=O)(=O)c1ccc(NCCC2CCOCC2)c([N+](=O)[O-])c1)c1ccc(N2CCC3(CC2)CC(N2CCCC2c2ccccc2C2CC2)C3)cc1Oc1cnc2[nH]ccc2c1. The Hall–Kier alpha value is -5.51. The van der Waals surface area contributed by atoms with Crippen LogP contribution >= 0.6 is 0 Å². The van der Waals surface area contributed by atoms with Crippen LogP contribution in [0.5, 0.6) is 11.5 Å². The number of anilines is 2. The van der Waals surface area contributed by atoms with Gasteiger partial charge < -0.3 is 24.7 Å². The smallest absolute Gasteiger partial charge is 0.293 e. The lowest BCUT2D eigenvalue weighted by Gasteiger charge is -2.56. The second kappa shape index (κ2) is 17.2. The van der Waals surface area contributed by atoms with Gasteiger partial charge in [-0.15, -0.1) is 0 Å². The summed E-state index contributed by atoms with van der Waals surface area (Å²) in [6, 6.07) is 22.8. The van der Waals surface area contributed by atoms with Gasteiger partial charge in [-0.05, 0) is 142 Å². The second-order valence-corrected chi connectivity index (χ2v) is 20.0. The van der Waals surface area contributed by atoms with Crippen molar-refractivity contribution in [3.8, 4) is 11.5 Å². The lowest BCUT2D eigenvalue weighted by molar-refractivity contribution is -0.384. The zero-order chi connectivity index (χ0) is 43.1. The van der Waals surface area contributed by atoms with Crippen LogP contribution in [0.25, 0.3) is 11.0 Å². The van der Waals surface area contributed by atoms with E-state index in [0.717, 1.165) is 68.3 Å². The van der Waals surface area contributed by atoms with Crippen molar-refractivity contribution in [2.45, 2.75) is 93.5 Å². The number of pyridine rings is 1. The Labute approximate surface area is 367 Å². The van der Waals surface area contributed by atoms with Crippen LogP contribution in [0.2, 0.25) is 0 Å². The number of nitrogens with zero attached hydrogens (tertiary/aromatic N) is 4. The maximum Gasteiger partial charge on any atom is 0.293 e. The van der Waals surface area contributed by atoms with Gasteiger partial charge in [-0.25, -0.2) is 18.1 Å². The van der Waals surface area contributed by atoms with E-state index in [2.05, 4.69) is 54.1 Å². The van der Waals surface area contributed by atoms with Crippen LogP contribution < -0.4 is 19.7 Å². The number of piperidine rings is 1. The third-order valence-electron chi connectivity index (χ3n) is 14.4. The maximum atomic E-state index is 14.0. The molecule has 10 rings (SSSR count). The summed E-state index contributed by atoms with van der Waals surface area (Å²) < 4.78 is 41.3. The summed E-state index contributed by atoms with van der Waals surface area (Å²) in [6.45, 7) is 4.79. The first-order valence-corrected chi connectivity index (χ1v) is 24.1. The number of hydrogen-bond donors (Lipinski definition) is 3. The molecule has 1 spiro atoms. The first kappa shape index (κ1) is 41.5. The zero-order valence-electron chi connectivity index (χ0n) is 35.5. The highest BCUT2D eigenvalue weighted by Gasteiger charge is 2.50. The first-order valence-electron chi connectivity index (χ1n) is 22.6. The molecule has 0 bridgehead atoms. The molecule has 1 unspecified atom stereocenters. The number of benzene rings is 3. The molecule has 2 saturated carbocycles. The van der Waals surface area contributed by atoms with Crippen molar-refractivity contribution >= 4 is 44.0 Å². The summed E-state index contributed by atoms with van der Waals surface area (Å²) in [4.78, 5) is 37.7. The minimum absolute atomic E-state index is 0.00358. The molecule has 3 aromatic carbocycles. The van der Waals surface area contributed by atoms with E-state index in [1.54, 1.807) is 41.7 Å². The van der Waals surface area contributed by atoms with Crippen molar-refractivity contribution in [1.29, 1.82) is 0 Å². The van der Waals surface area contributed by atoms with Gasteiger partial charge in [-0.1, -0.05) is 24.3 Å². The highest BCUT2D eigenvalue weighted by atomic mass is 32.2. The summed E-state index contributed by atoms with van der Waals surface area (Å²) in [6.07, 6.45) is 15.7. The minimum atomic E-state index is -4.53. The highest BCUT2D eigenvalue weighted by molar-refractivity contribution is 7.90. The summed E-state index contributed by atoms with van der Waals surface area (Å²) in [7, 11) is -4.53. The Morgan fingerprint density at radius 2 is 1.75 bits per heavy atom. The average molecular weight is 874 g/mol. The molecule has 5 fully saturated rings. The molecule has 1 atom stereocenters. The number of H-pyrrole nitrogens is 1. The van der Waals surface area contributed by atoms with Crippen molar-refractivity contribution < 1.29 is 27.6 Å². The normalized spacial score (nSPS) is 20.8. The van der Waals surface area contributed by atoms with E-state index in [-0.39, 0.29) is 17.0 Å². The summed E-state index contributed by atoms with van der Waals surface area (Å²) in [5.41, 5.74) is 4.83. The van der Waals surface area contributed by atoms with Gasteiger partial charge in [0.25, 0.3) is 21.6 Å². The van der Waals surface area contributed by atoms with Crippen molar-refractivity contribution in [2.75, 3.05) is 49.6 Å². The van der Waals surface area contributed by atoms with Gasteiger partial charge in [0, 0.05) is 74.3 Å². The lowest BCUT2D eigenvalue weighted by atomic mass is 9.59. The molecule has 14 nitrogen and oxygen atoms in total. The number of carbonyl (C=O) groups is 1. The molecule has 2 aromatic heterocycles. The first-order chi connectivity index (χ1) is 30.6. The van der Waals surface area contributed by atoms with Gasteiger partial charge in [0.15, 0.2) is 0 Å². The summed E-state index contributed by atoms with van der Waals surface area (Å²) >= 11 is 0. The van der Waals surface area contributed by atoms with Crippen LogP contribution in [0.4, 0.5) is 17.1 Å². The summed E-state index contributed by atoms with van der Waals surface area (Å²) in [5.74, 6) is 0.827. The van der Waals surface area contributed by atoms with Gasteiger partial charge in [0.1, 0.15) is 22.8 Å². The van der Waals surface area contributed by atoms with Crippen molar-refractivity contribution in [3.63, 3.8) is 0 Å². The number of likely N-dealkylation sites (tertiary alicyclic amines) is 1. The second-order valence-electron chi connectivity index (χ2n) is 18.4. The van der Waals surface area contributed by atoms with E-state index in [9.17, 15) is 23.3 Å². The predicted molar refractivity (Wildman–Crippen MR) is 241 cm³/mol. The van der Waals surface area contributed by atoms with E-state index >= 15 is 0 Å². The van der Waals surface area contributed by atoms with Crippen molar-refractivity contribution in [1.82, 2.24) is 19.6 Å². The van der Waals surface area contributed by atoms with E-state index in [1.165, 1.54) is 57.2 Å². The number of sulfonamides is 1. The topological polar surface area (TPSA) is 172 Å². The third kappa shape index (κ3) is 8.75. The molecule has 3 aliphatic heterocycles. The van der Waals surface area contributed by atoms with Gasteiger partial charge in [-0.2, -0.15) is 0 Å². The van der Waals surface area contributed by atoms with Crippen LogP contribution in [0.15, 0.2) is 90.1 Å². The molecule has 5 heterocycles. The molecule has 0 radical (unpaired) electrons. The zero-order valence-corrected chi connectivity index (χ0v) is 36.3. The minimum Gasteiger partial charge on any atom is -0.455 e. The number of aromatic amines is 1. The Bertz CT molecular complexity index is 2610. The van der Waals surface area contributed by atoms with Crippen LogP contribution in [0.1, 0.15) is 104 Å². The lowest BCUT2D eigenvalue weighted by Crippen LogP contribution is -2.54. The van der Waals surface area contributed by atoms with E-state index < -0.39 is 31.4 Å². The van der Waals surface area contributed by atoms with E-state index in [1.807, 2.05) is 12.1 Å². The Morgan fingerprint density at radius 1 is 0.952 bits per heavy atom. The number of hydrogen-bond acceptors (Lipinski definition) is 11. The predicted octanol–water partition coefficient (Wildman–Crippen LogP) is 9.07. The molecule has 5 aliphatic rings. The molecule has 15 heteroatoms. The molecule has 3 saturated heterocycles. The quantitative estimate of drug-likeness (QED) is 0.0718. The summed E-state index contributed by atoms with van der Waals surface area (Å²) in [5, 5.41) is 16.0. The number of nitro benzene ring substituents is 1. The van der Waals surface area contributed by atoms with Crippen LogP contribution in [-0.2, 0) is 14.8 Å². The van der Waals surface area contributed by atoms with Crippen LogP contribution in [0.3, 0.4) is 0 Å². The number of carbonyl (C=O) groups excluding carboxylic acids is 1. The van der Waals surface area contributed by atoms with Crippen LogP contribution in [0, 0.1) is 21.4 Å². The fourth-order valence-corrected chi connectivity index (χ4v) is 11.7. The van der Waals surface area contributed by atoms with Crippen LogP contribution in [-0.4, -0.2) is 79.6 Å². The molecular weight excluding hydrogens is 819 g/mol. The van der Waals surface area contributed by atoms with Gasteiger partial charge in [0.05, 0.1) is 21.6 Å². The monoisotopic (exact) mass is 873 g/mol. The molecule has 3 N–H and O–H groups in total. The van der Waals surface area contributed by atoms with Gasteiger partial charge in [-0.3, -0.25) is 19.8 Å². The molecule has 5 aromatic rings. The Morgan fingerprint density at radius 3 is 2.52 bits per heavy atom. The molecular formula is C48H55N7O7S. The fourth-order valence-electron chi connectivity index (χ4n) is 10.7. The Kier molecular flexibility index (Phi) is 11.3. The number of aromatic nitrogens is 2. The number of rotatable bonds is 14. The molecule has 2 aliphatic carbocycles. The largest absolute Gasteiger partial charge is 0.455 e. The van der Waals surface area contributed by atoms with E-state index in [4.69, 9.17) is 9.47 Å². The number of ether oxygens (including phenoxy) is 2. The number of nitrogens with one attached hydrogen (secondary N) is 3. The van der Waals surface area contributed by atoms with Gasteiger partial charge >= 0.3 is 0 Å². The molecule has 1 amide bonds. The highest BCUT2D eigenvalue weighted by Crippen LogP contribution is 2.55. The average Bonchev–Trinajstić information content (AvgIpc) is 3.83. The molecule has 330 valence electrons. The standard InChI is InChI=1S/C48H55N7O7S/c56-47(52-63(59,60)38-10-12-42(44(28-38)55(57)58)49-19-13-32-15-24-61-25-16-32)41-11-9-35(27-45(41)62-37-26-34-14-20-50-46(34)51-31-37)53-22-17-48(18-23-53)29-36(30-48)54-21-3-6-43(54)40-5-2-1-4-39(40)33-7-8-33/h1-2,4-5,9-12,14,20,26-28,31-33,36,43,49H,3,6-8,13,15-19,21-25,29-30H2,(H,50,51)(H,52,56). The van der Waals surface area contributed by atoms with Crippen molar-refractivity contribution in [3.05, 3.63) is 112 Å². The number of fused-ring (bicyclic) bond motifs is 1. The Balaban J connectivity index is 0.832. The molecule has 63 heavy (non-hydrogen) atoms. The van der Waals surface area contributed by atoms with Gasteiger partial charge in [0.2, 0.25) is 0 Å². The third-order valence-corrected chi connectivity index (χ3v) is 15.7. The van der Waals surface area contributed by atoms with E-state index in [0.29, 0.717) is 54.6 Å².